The van der Waals surface area contributed by atoms with Gasteiger partial charge in [0.25, 0.3) is 0 Å². The average molecular weight is 455 g/mol. The highest BCUT2D eigenvalue weighted by Crippen LogP contribution is 2.51. The fraction of sp³-hybridized carbons (Fsp3) is 0.200. The smallest absolute Gasteiger partial charge is 0.215 e. The summed E-state index contributed by atoms with van der Waals surface area (Å²) in [5.74, 6) is 0.592. The predicted octanol–water partition coefficient (Wildman–Crippen LogP) is 5.80. The van der Waals surface area contributed by atoms with Crippen molar-refractivity contribution in [2.24, 2.45) is 0 Å². The molecule has 0 radical (unpaired) electrons. The van der Waals surface area contributed by atoms with Gasteiger partial charge in [-0.25, -0.2) is 0 Å². The second kappa shape index (κ2) is 9.13. The van der Waals surface area contributed by atoms with E-state index in [1.807, 2.05) is 30.3 Å². The van der Waals surface area contributed by atoms with Crippen LogP contribution in [0.25, 0.3) is 0 Å². The molecule has 4 rings (SSSR count). The van der Waals surface area contributed by atoms with Crippen LogP contribution in [0.1, 0.15) is 33.8 Å². The molecule has 1 heterocycles. The molecule has 158 valence electrons. The summed E-state index contributed by atoms with van der Waals surface area (Å²) in [5, 5.41) is 0.547. The fourth-order valence-corrected chi connectivity index (χ4v) is 4.28. The normalized spacial score (nSPS) is 18.2. The Morgan fingerprint density at radius 1 is 1.03 bits per heavy atom. The number of aldehydes is 1. The summed E-state index contributed by atoms with van der Waals surface area (Å²) in [6.45, 7) is 0.342. The van der Waals surface area contributed by atoms with Crippen molar-refractivity contribution in [3.63, 3.8) is 0 Å². The zero-order valence-electron chi connectivity index (χ0n) is 16.6. The van der Waals surface area contributed by atoms with Gasteiger partial charge in [-0.15, -0.1) is 11.6 Å². The third-order valence-corrected chi connectivity index (χ3v) is 5.86. The summed E-state index contributed by atoms with van der Waals surface area (Å²) in [6.07, 6.45) is 0.936. The number of rotatable bonds is 8. The summed E-state index contributed by atoms with van der Waals surface area (Å²) in [6, 6.07) is 21.6. The molecule has 0 saturated heterocycles. The van der Waals surface area contributed by atoms with E-state index in [2.05, 4.69) is 0 Å². The lowest BCUT2D eigenvalue weighted by atomic mass is 9.72. The minimum atomic E-state index is -1.40. The molecule has 0 aliphatic carbocycles. The number of Topliss-reactive ketones (excluding diaryl/α,β-unsaturated/α-hetero) is 1. The van der Waals surface area contributed by atoms with Gasteiger partial charge in [0.05, 0.1) is 11.4 Å². The van der Waals surface area contributed by atoms with Crippen molar-refractivity contribution in [3.8, 4) is 11.5 Å². The van der Waals surface area contributed by atoms with Crippen molar-refractivity contribution in [2.75, 3.05) is 12.5 Å². The van der Waals surface area contributed by atoms with Gasteiger partial charge in [0.2, 0.25) is 11.4 Å². The van der Waals surface area contributed by atoms with E-state index in [0.29, 0.717) is 40.1 Å². The first kappa shape index (κ1) is 21.4. The first-order chi connectivity index (χ1) is 15.1. The van der Waals surface area contributed by atoms with Crippen molar-refractivity contribution in [1.82, 2.24) is 0 Å². The van der Waals surface area contributed by atoms with Crippen molar-refractivity contribution in [3.05, 3.63) is 94.5 Å². The van der Waals surface area contributed by atoms with Gasteiger partial charge in [0.15, 0.2) is 0 Å². The summed E-state index contributed by atoms with van der Waals surface area (Å²) in [5.41, 5.74) is 0.515. The quantitative estimate of drug-likeness (QED) is 0.318. The number of alkyl halides is 1. The largest absolute Gasteiger partial charge is 0.492 e. The van der Waals surface area contributed by atoms with Gasteiger partial charge in [-0.3, -0.25) is 4.79 Å². The van der Waals surface area contributed by atoms with Crippen LogP contribution in [-0.4, -0.2) is 24.6 Å². The molecule has 0 amide bonds. The molecular formula is C25H20Cl2O4. The van der Waals surface area contributed by atoms with Crippen LogP contribution in [-0.2, 0) is 10.4 Å². The van der Waals surface area contributed by atoms with Gasteiger partial charge in [0.1, 0.15) is 24.4 Å². The van der Waals surface area contributed by atoms with Gasteiger partial charge < -0.3 is 14.3 Å². The SMILES string of the molecule is O=CC[C@@H](c1ccccc1)[C@]1(c2ccc(Cl)cc2)Oc2cc(OCCCl)ccc2C1=O. The molecule has 31 heavy (non-hydrogen) atoms. The van der Waals surface area contributed by atoms with Crippen LogP contribution >= 0.6 is 23.2 Å². The zero-order chi connectivity index (χ0) is 21.8. The first-order valence-corrected chi connectivity index (χ1v) is 10.8. The van der Waals surface area contributed by atoms with Crippen molar-refractivity contribution < 1.29 is 19.1 Å². The minimum absolute atomic E-state index is 0.113. The first-order valence-electron chi connectivity index (χ1n) is 9.91. The van der Waals surface area contributed by atoms with E-state index in [-0.39, 0.29) is 12.2 Å². The summed E-state index contributed by atoms with van der Waals surface area (Å²) in [4.78, 5) is 25.6. The number of fused-ring (bicyclic) bond motifs is 1. The lowest BCUT2D eigenvalue weighted by Gasteiger charge is -2.35. The Hall–Kier alpha value is -2.82. The molecule has 0 saturated carbocycles. The second-order valence-electron chi connectivity index (χ2n) is 7.23. The van der Waals surface area contributed by atoms with Gasteiger partial charge in [-0.05, 0) is 29.8 Å². The zero-order valence-corrected chi connectivity index (χ0v) is 18.1. The molecule has 0 fully saturated rings. The van der Waals surface area contributed by atoms with Gasteiger partial charge in [0, 0.05) is 29.0 Å². The molecule has 0 spiro atoms. The van der Waals surface area contributed by atoms with Gasteiger partial charge in [-0.1, -0.05) is 54.1 Å². The number of ether oxygens (including phenoxy) is 2. The highest BCUT2D eigenvalue weighted by molar-refractivity contribution is 6.30. The van der Waals surface area contributed by atoms with E-state index in [1.165, 1.54) is 0 Å². The lowest BCUT2D eigenvalue weighted by molar-refractivity contribution is -0.109. The molecule has 1 aliphatic heterocycles. The molecule has 0 bridgehead atoms. The maximum atomic E-state index is 13.9. The molecule has 0 N–H and O–H groups in total. The standard InChI is InChI=1S/C25H20Cl2O4/c26-13-15-30-20-10-11-21-23(16-20)31-25(24(21)29,18-6-8-19(27)9-7-18)22(12-14-28)17-4-2-1-3-5-17/h1-11,14,16,22H,12-13,15H2/t22-,25-/m0/s1. The number of hydrogen-bond donors (Lipinski definition) is 0. The molecule has 1 aliphatic rings. The summed E-state index contributed by atoms with van der Waals surface area (Å²) >= 11 is 11.8. The van der Waals surface area contributed by atoms with E-state index in [4.69, 9.17) is 32.7 Å². The van der Waals surface area contributed by atoms with Crippen molar-refractivity contribution >= 4 is 35.3 Å². The summed E-state index contributed by atoms with van der Waals surface area (Å²) < 4.78 is 12.1. The maximum absolute atomic E-state index is 13.9. The highest BCUT2D eigenvalue weighted by Gasteiger charge is 2.55. The number of halogens is 2. The summed E-state index contributed by atoms with van der Waals surface area (Å²) in [7, 11) is 0. The second-order valence-corrected chi connectivity index (χ2v) is 8.05. The molecule has 3 aromatic rings. The minimum Gasteiger partial charge on any atom is -0.492 e. The topological polar surface area (TPSA) is 52.6 Å². The fourth-order valence-electron chi connectivity index (χ4n) is 4.08. The van der Waals surface area contributed by atoms with Crippen LogP contribution in [0.4, 0.5) is 0 Å². The van der Waals surface area contributed by atoms with Crippen LogP contribution in [0.3, 0.4) is 0 Å². The highest BCUT2D eigenvalue weighted by atomic mass is 35.5. The number of ketones is 1. The molecular weight excluding hydrogens is 435 g/mol. The van der Waals surface area contributed by atoms with Crippen LogP contribution in [0.2, 0.25) is 5.02 Å². The molecule has 6 heteroatoms. The van der Waals surface area contributed by atoms with Crippen LogP contribution < -0.4 is 9.47 Å². The Labute approximate surface area is 190 Å². The maximum Gasteiger partial charge on any atom is 0.215 e. The van der Waals surface area contributed by atoms with Crippen LogP contribution in [0.5, 0.6) is 11.5 Å². The van der Waals surface area contributed by atoms with Crippen molar-refractivity contribution in [1.29, 1.82) is 0 Å². The van der Waals surface area contributed by atoms with E-state index >= 15 is 0 Å². The Morgan fingerprint density at radius 3 is 2.45 bits per heavy atom. The third kappa shape index (κ3) is 3.93. The molecule has 3 aromatic carbocycles. The third-order valence-electron chi connectivity index (χ3n) is 5.45. The van der Waals surface area contributed by atoms with Gasteiger partial charge in [-0.2, -0.15) is 0 Å². The molecule has 4 nitrogen and oxygen atoms in total. The van der Waals surface area contributed by atoms with Crippen LogP contribution in [0, 0.1) is 0 Å². The van der Waals surface area contributed by atoms with E-state index in [1.54, 1.807) is 42.5 Å². The average Bonchev–Trinajstić information content (AvgIpc) is 3.09. The lowest BCUT2D eigenvalue weighted by Crippen LogP contribution is -2.43. The Bertz CT molecular complexity index is 1080. The number of carbonyl (C=O) groups is 2. The Balaban J connectivity index is 1.88. The van der Waals surface area contributed by atoms with E-state index in [9.17, 15) is 9.59 Å². The molecule has 2 atom stereocenters. The molecule has 0 aromatic heterocycles. The van der Waals surface area contributed by atoms with Crippen LogP contribution in [0.15, 0.2) is 72.8 Å². The Morgan fingerprint density at radius 2 is 1.77 bits per heavy atom. The number of hydrogen-bond acceptors (Lipinski definition) is 4. The predicted molar refractivity (Wildman–Crippen MR) is 121 cm³/mol. The monoisotopic (exact) mass is 454 g/mol. The number of benzene rings is 3. The van der Waals surface area contributed by atoms with E-state index in [0.717, 1.165) is 11.8 Å². The van der Waals surface area contributed by atoms with E-state index < -0.39 is 11.5 Å². The van der Waals surface area contributed by atoms with Crippen molar-refractivity contribution in [2.45, 2.75) is 17.9 Å². The Kier molecular flexibility index (Phi) is 6.30. The van der Waals surface area contributed by atoms with Gasteiger partial charge >= 0.3 is 0 Å². The molecule has 0 unspecified atom stereocenters. The number of carbonyl (C=O) groups excluding carboxylic acids is 2.